The molecule has 2 rings (SSSR count). The summed E-state index contributed by atoms with van der Waals surface area (Å²) < 4.78 is 26.7. The first-order valence-corrected chi connectivity index (χ1v) is 9.24. The van der Waals surface area contributed by atoms with E-state index < -0.39 is 10.0 Å². The molecule has 3 nitrogen and oxygen atoms in total. The molecule has 1 aliphatic rings. The summed E-state index contributed by atoms with van der Waals surface area (Å²) in [5.74, 6) is 0.790. The van der Waals surface area contributed by atoms with Crippen molar-refractivity contribution in [2.24, 2.45) is 11.3 Å². The van der Waals surface area contributed by atoms with Gasteiger partial charge in [0.25, 0.3) is 0 Å². The number of thiophene rings is 1. The van der Waals surface area contributed by atoms with Crippen LogP contribution in [0.25, 0.3) is 0 Å². The molecule has 1 atom stereocenters. The van der Waals surface area contributed by atoms with Gasteiger partial charge in [-0.25, -0.2) is 8.42 Å². The summed E-state index contributed by atoms with van der Waals surface area (Å²) in [7, 11) is -3.34. The van der Waals surface area contributed by atoms with Crippen LogP contribution in [0.2, 0.25) is 0 Å². The third-order valence-corrected chi connectivity index (χ3v) is 7.15. The first-order valence-electron chi connectivity index (χ1n) is 6.38. The second-order valence-corrected chi connectivity index (χ2v) is 9.30. The average molecular weight is 322 g/mol. The summed E-state index contributed by atoms with van der Waals surface area (Å²) in [4.78, 5) is 1.29. The van der Waals surface area contributed by atoms with Crippen molar-refractivity contribution in [1.82, 2.24) is 4.31 Å². The van der Waals surface area contributed by atoms with Gasteiger partial charge in [0.05, 0.1) is 10.8 Å². The third kappa shape index (κ3) is 3.15. The molecule has 0 radical (unpaired) electrons. The minimum Gasteiger partial charge on any atom is -0.207 e. The first kappa shape index (κ1) is 15.3. The molecule has 1 aromatic rings. The maximum Gasteiger partial charge on any atom is 0.243 e. The lowest BCUT2D eigenvalue weighted by Crippen LogP contribution is -2.31. The summed E-state index contributed by atoms with van der Waals surface area (Å²) >= 11 is 7.14. The second kappa shape index (κ2) is 5.35. The van der Waals surface area contributed by atoms with Crippen LogP contribution in [0.5, 0.6) is 0 Å². The number of sulfonamides is 1. The number of nitrogens with zero attached hydrogens (tertiary/aromatic N) is 1. The summed E-state index contributed by atoms with van der Waals surface area (Å²) in [5.41, 5.74) is 0.153. The highest BCUT2D eigenvalue weighted by Gasteiger charge is 2.37. The van der Waals surface area contributed by atoms with E-state index in [9.17, 15) is 8.42 Å². The maximum atomic E-state index is 12.5. The second-order valence-electron chi connectivity index (χ2n) is 6.10. The molecule has 1 saturated heterocycles. The summed E-state index contributed by atoms with van der Waals surface area (Å²) in [6.07, 6.45) is 0.940. The van der Waals surface area contributed by atoms with E-state index in [4.69, 9.17) is 11.6 Å². The van der Waals surface area contributed by atoms with Gasteiger partial charge in [-0.15, -0.1) is 22.9 Å². The van der Waals surface area contributed by atoms with Gasteiger partial charge in [0, 0.05) is 23.3 Å². The minimum absolute atomic E-state index is 0.153. The fourth-order valence-corrected chi connectivity index (χ4v) is 5.24. The zero-order chi connectivity index (χ0) is 14.3. The number of rotatable bonds is 3. The summed E-state index contributed by atoms with van der Waals surface area (Å²) in [5, 5.41) is 1.69. The quantitative estimate of drug-likeness (QED) is 0.798. The molecule has 2 heterocycles. The Morgan fingerprint density at radius 3 is 2.63 bits per heavy atom. The Bertz CT molecular complexity index is 545. The molecule has 19 heavy (non-hydrogen) atoms. The number of hydrogen-bond acceptors (Lipinski definition) is 3. The zero-order valence-corrected chi connectivity index (χ0v) is 13.9. The monoisotopic (exact) mass is 321 g/mol. The molecule has 0 aromatic carbocycles. The predicted octanol–water partition coefficient (Wildman–Crippen LogP) is 3.54. The molecule has 6 heteroatoms. The van der Waals surface area contributed by atoms with Gasteiger partial charge in [-0.05, 0) is 23.8 Å². The number of halogens is 1. The van der Waals surface area contributed by atoms with Crippen molar-refractivity contribution in [3.63, 3.8) is 0 Å². The van der Waals surface area contributed by atoms with Crippen LogP contribution in [0, 0.1) is 11.3 Å². The highest BCUT2D eigenvalue weighted by Crippen LogP contribution is 2.36. The van der Waals surface area contributed by atoms with E-state index in [2.05, 4.69) is 20.8 Å². The van der Waals surface area contributed by atoms with Crippen molar-refractivity contribution >= 4 is 33.0 Å². The van der Waals surface area contributed by atoms with E-state index in [0.29, 0.717) is 29.8 Å². The Kier molecular flexibility index (Phi) is 4.31. The lowest BCUT2D eigenvalue weighted by atomic mass is 9.80. The van der Waals surface area contributed by atoms with Crippen molar-refractivity contribution in [1.29, 1.82) is 0 Å². The maximum absolute atomic E-state index is 12.5. The molecule has 0 saturated carbocycles. The van der Waals surface area contributed by atoms with Crippen LogP contribution in [-0.2, 0) is 15.9 Å². The zero-order valence-electron chi connectivity index (χ0n) is 11.5. The van der Waals surface area contributed by atoms with E-state index in [-0.39, 0.29) is 5.41 Å². The minimum atomic E-state index is -3.34. The molecular formula is C13H20ClNO2S2. The number of alkyl halides is 1. The van der Waals surface area contributed by atoms with Crippen molar-refractivity contribution < 1.29 is 8.42 Å². The summed E-state index contributed by atoms with van der Waals surface area (Å²) in [6, 6.07) is 1.69. The van der Waals surface area contributed by atoms with Gasteiger partial charge in [-0.3, -0.25) is 0 Å². The Hall–Kier alpha value is -0.100. The van der Waals surface area contributed by atoms with E-state index >= 15 is 0 Å². The van der Waals surface area contributed by atoms with Crippen molar-refractivity contribution in [2.45, 2.75) is 38.0 Å². The molecule has 1 aliphatic heterocycles. The number of hydrogen-bond donors (Lipinski definition) is 0. The lowest BCUT2D eigenvalue weighted by Gasteiger charge is -2.26. The van der Waals surface area contributed by atoms with Crippen molar-refractivity contribution in [3.8, 4) is 0 Å². The van der Waals surface area contributed by atoms with E-state index in [0.717, 1.165) is 11.3 Å². The van der Waals surface area contributed by atoms with Crippen LogP contribution in [0.1, 0.15) is 32.1 Å². The molecule has 0 bridgehead atoms. The Labute approximate surface area is 124 Å². The van der Waals surface area contributed by atoms with E-state index in [1.54, 1.807) is 15.8 Å². The lowest BCUT2D eigenvalue weighted by molar-refractivity contribution is 0.252. The topological polar surface area (TPSA) is 37.4 Å². The van der Waals surface area contributed by atoms with Crippen molar-refractivity contribution in [2.75, 3.05) is 13.1 Å². The Balaban J connectivity index is 2.18. The van der Waals surface area contributed by atoms with Crippen LogP contribution in [0.15, 0.2) is 16.3 Å². The Morgan fingerprint density at radius 1 is 1.47 bits per heavy atom. The standard InChI is InChI=1S/C13H20ClNO2S2/c1-13(2,3)10-4-5-15(8-10)19(16,17)12-6-11(7-14)18-9-12/h6,9-10H,4-5,7-8H2,1-3H3. The van der Waals surface area contributed by atoms with E-state index in [1.807, 2.05) is 0 Å². The molecule has 0 N–H and O–H groups in total. The van der Waals surface area contributed by atoms with Crippen LogP contribution >= 0.6 is 22.9 Å². The van der Waals surface area contributed by atoms with Gasteiger partial charge in [-0.1, -0.05) is 20.8 Å². The molecule has 108 valence electrons. The van der Waals surface area contributed by atoms with Gasteiger partial charge >= 0.3 is 0 Å². The smallest absolute Gasteiger partial charge is 0.207 e. The van der Waals surface area contributed by atoms with Gasteiger partial charge in [0.2, 0.25) is 10.0 Å². The first-order chi connectivity index (χ1) is 8.75. The fraction of sp³-hybridized carbons (Fsp3) is 0.692. The molecular weight excluding hydrogens is 302 g/mol. The molecule has 0 spiro atoms. The third-order valence-electron chi connectivity index (χ3n) is 3.77. The van der Waals surface area contributed by atoms with Gasteiger partial charge in [-0.2, -0.15) is 4.31 Å². The molecule has 1 fully saturated rings. The summed E-state index contributed by atoms with van der Waals surface area (Å²) in [6.45, 7) is 7.76. The van der Waals surface area contributed by atoms with Crippen molar-refractivity contribution in [3.05, 3.63) is 16.3 Å². The van der Waals surface area contributed by atoms with Crippen LogP contribution in [0.4, 0.5) is 0 Å². The SMILES string of the molecule is CC(C)(C)C1CCN(S(=O)(=O)c2csc(CCl)c2)C1. The highest BCUT2D eigenvalue weighted by atomic mass is 35.5. The fourth-order valence-electron chi connectivity index (χ4n) is 2.37. The predicted molar refractivity (Wildman–Crippen MR) is 80.2 cm³/mol. The van der Waals surface area contributed by atoms with Gasteiger partial charge in [0.15, 0.2) is 0 Å². The van der Waals surface area contributed by atoms with E-state index in [1.165, 1.54) is 11.3 Å². The van der Waals surface area contributed by atoms with Crippen LogP contribution in [-0.4, -0.2) is 25.8 Å². The molecule has 1 aromatic heterocycles. The molecule has 1 unspecified atom stereocenters. The molecule has 0 amide bonds. The van der Waals surface area contributed by atoms with Crippen LogP contribution in [0.3, 0.4) is 0 Å². The average Bonchev–Trinajstić information content (AvgIpc) is 2.98. The highest BCUT2D eigenvalue weighted by molar-refractivity contribution is 7.89. The van der Waals surface area contributed by atoms with Gasteiger partial charge < -0.3 is 0 Å². The van der Waals surface area contributed by atoms with Crippen LogP contribution < -0.4 is 0 Å². The largest absolute Gasteiger partial charge is 0.243 e. The molecule has 0 aliphatic carbocycles. The van der Waals surface area contributed by atoms with Gasteiger partial charge in [0.1, 0.15) is 0 Å². The Morgan fingerprint density at radius 2 is 2.16 bits per heavy atom. The normalized spacial score (nSPS) is 22.0.